The third kappa shape index (κ3) is 5.29. The molecule has 0 bridgehead atoms. The molecule has 2 aliphatic heterocycles. The highest BCUT2D eigenvalue weighted by atomic mass is 19.1. The number of fused-ring (bicyclic) bond motifs is 1. The maximum Gasteiger partial charge on any atom is 0.243 e. The summed E-state index contributed by atoms with van der Waals surface area (Å²) in [5, 5.41) is 15.9. The molecule has 2 amide bonds. The van der Waals surface area contributed by atoms with E-state index in [0.717, 1.165) is 29.9 Å². The zero-order valence-corrected chi connectivity index (χ0v) is 22.9. The number of aryl methyl sites for hydroxylation is 1. The molecule has 3 atom stereocenters. The number of rotatable bonds is 7. The van der Waals surface area contributed by atoms with Gasteiger partial charge in [0.2, 0.25) is 11.8 Å². The number of likely N-dealkylation sites (tertiary alicyclic amines) is 1. The zero-order chi connectivity index (χ0) is 28.7. The molecule has 0 radical (unpaired) electrons. The molecule has 1 unspecified atom stereocenters. The van der Waals surface area contributed by atoms with E-state index in [2.05, 4.69) is 25.5 Å². The average molecular weight is 559 g/mol. The number of anilines is 1. The van der Waals surface area contributed by atoms with Crippen LogP contribution in [0, 0.1) is 0 Å². The third-order valence-electron chi connectivity index (χ3n) is 7.91. The maximum atomic E-state index is 14.6. The van der Waals surface area contributed by atoms with Crippen LogP contribution >= 0.6 is 0 Å². The van der Waals surface area contributed by atoms with Gasteiger partial charge in [-0.25, -0.2) is 4.39 Å². The number of hydrogen-bond acceptors (Lipinski definition) is 7. The van der Waals surface area contributed by atoms with Crippen molar-refractivity contribution in [2.75, 3.05) is 24.5 Å². The molecule has 41 heavy (non-hydrogen) atoms. The van der Waals surface area contributed by atoms with Crippen LogP contribution < -0.4 is 10.2 Å². The van der Waals surface area contributed by atoms with Crippen LogP contribution in [0.5, 0.6) is 0 Å². The molecule has 3 aromatic heterocycles. The van der Waals surface area contributed by atoms with Gasteiger partial charge in [-0.3, -0.25) is 19.1 Å². The van der Waals surface area contributed by atoms with Gasteiger partial charge in [0.05, 0.1) is 18.9 Å². The number of carbonyl (C=O) groups excluding carboxylic acids is 3. The fraction of sp³-hybridized carbons (Fsp3) is 0.379. The van der Waals surface area contributed by atoms with E-state index >= 15 is 0 Å². The summed E-state index contributed by atoms with van der Waals surface area (Å²) in [4.78, 5) is 42.7. The van der Waals surface area contributed by atoms with Crippen molar-refractivity contribution >= 4 is 34.3 Å². The fourth-order valence-corrected chi connectivity index (χ4v) is 5.85. The summed E-state index contributed by atoms with van der Waals surface area (Å²) in [6.07, 6.45) is 6.18. The van der Waals surface area contributed by atoms with Gasteiger partial charge in [0, 0.05) is 73.1 Å². The third-order valence-corrected chi connectivity index (χ3v) is 7.91. The lowest BCUT2D eigenvalue weighted by Gasteiger charge is -2.25. The van der Waals surface area contributed by atoms with E-state index in [-0.39, 0.29) is 43.1 Å². The number of nitrogens with zero attached hydrogens (tertiary/aromatic N) is 7. The Labute approximate surface area is 235 Å². The van der Waals surface area contributed by atoms with Crippen molar-refractivity contribution in [3.63, 3.8) is 0 Å². The Morgan fingerprint density at radius 2 is 1.95 bits per heavy atom. The van der Waals surface area contributed by atoms with Crippen LogP contribution in [0.2, 0.25) is 0 Å². The van der Waals surface area contributed by atoms with E-state index < -0.39 is 12.2 Å². The first kappa shape index (κ1) is 26.6. The Balaban J connectivity index is 1.18. The predicted molar refractivity (Wildman–Crippen MR) is 150 cm³/mol. The number of carbonyl (C=O) groups is 3. The van der Waals surface area contributed by atoms with Crippen molar-refractivity contribution in [3.8, 4) is 11.1 Å². The summed E-state index contributed by atoms with van der Waals surface area (Å²) < 4.78 is 18.0. The minimum Gasteiger partial charge on any atom is -0.353 e. The second-order valence-corrected chi connectivity index (χ2v) is 10.8. The van der Waals surface area contributed by atoms with Crippen molar-refractivity contribution in [2.45, 2.75) is 44.6 Å². The Morgan fingerprint density at radius 1 is 1.10 bits per heavy atom. The van der Waals surface area contributed by atoms with E-state index in [9.17, 15) is 18.8 Å². The first-order valence-electron chi connectivity index (χ1n) is 13.7. The number of halogens is 1. The number of amides is 2. The summed E-state index contributed by atoms with van der Waals surface area (Å²) in [6.45, 7) is 2.57. The lowest BCUT2D eigenvalue weighted by Crippen LogP contribution is -2.50. The Kier molecular flexibility index (Phi) is 6.98. The van der Waals surface area contributed by atoms with Crippen molar-refractivity contribution in [1.29, 1.82) is 0 Å². The van der Waals surface area contributed by atoms with Crippen molar-refractivity contribution in [2.24, 2.45) is 7.05 Å². The fourth-order valence-electron chi connectivity index (χ4n) is 5.85. The van der Waals surface area contributed by atoms with Gasteiger partial charge in [-0.15, -0.1) is 0 Å². The first-order valence-corrected chi connectivity index (χ1v) is 13.7. The molecule has 1 aromatic carbocycles. The van der Waals surface area contributed by atoms with Gasteiger partial charge < -0.3 is 19.7 Å². The summed E-state index contributed by atoms with van der Waals surface area (Å²) in [5.74, 6) is -0.00560. The Bertz CT molecular complexity index is 1620. The van der Waals surface area contributed by atoms with Gasteiger partial charge in [0.25, 0.3) is 0 Å². The average Bonchev–Trinajstić information content (AvgIpc) is 3.75. The van der Waals surface area contributed by atoms with E-state index in [1.807, 2.05) is 43.6 Å². The van der Waals surface area contributed by atoms with E-state index in [4.69, 9.17) is 0 Å². The minimum atomic E-state index is -1.28. The van der Waals surface area contributed by atoms with Crippen LogP contribution in [0.4, 0.5) is 10.2 Å². The number of ketones is 1. The topological polar surface area (TPSA) is 118 Å². The number of hydrogen-bond donors (Lipinski definition) is 1. The van der Waals surface area contributed by atoms with Gasteiger partial charge in [-0.1, -0.05) is 6.07 Å². The molecule has 11 nitrogen and oxygen atoms in total. The highest BCUT2D eigenvalue weighted by molar-refractivity contribution is 6.08. The lowest BCUT2D eigenvalue weighted by atomic mass is 10.0. The number of alkyl halides is 1. The SMILES string of the molecule is CC(=O)c1cn(CC(=O)N2C[C@H](F)C[C@H]2C(=O)NC2CCN(c3ccn(C)n3)C2)c2ccc(-c3ccnnc3)cc12. The predicted octanol–water partition coefficient (Wildman–Crippen LogP) is 2.37. The molecule has 0 spiro atoms. The highest BCUT2D eigenvalue weighted by Crippen LogP contribution is 2.29. The number of Topliss-reactive ketones (excluding diaryl/α,β-unsaturated/α-hetero) is 1. The van der Waals surface area contributed by atoms with Gasteiger partial charge in [-0.05, 0) is 37.1 Å². The highest BCUT2D eigenvalue weighted by Gasteiger charge is 2.41. The van der Waals surface area contributed by atoms with Gasteiger partial charge in [0.1, 0.15) is 18.8 Å². The molecule has 212 valence electrons. The van der Waals surface area contributed by atoms with Crippen LogP contribution in [0.3, 0.4) is 0 Å². The molecule has 2 aliphatic rings. The molecule has 5 heterocycles. The summed E-state index contributed by atoms with van der Waals surface area (Å²) in [7, 11) is 1.85. The summed E-state index contributed by atoms with van der Waals surface area (Å²) >= 11 is 0. The van der Waals surface area contributed by atoms with Crippen LogP contribution in [0.1, 0.15) is 30.1 Å². The first-order chi connectivity index (χ1) is 19.8. The molecule has 1 N–H and O–H groups in total. The van der Waals surface area contributed by atoms with Crippen molar-refractivity contribution < 1.29 is 18.8 Å². The Morgan fingerprint density at radius 3 is 2.68 bits per heavy atom. The number of aromatic nitrogens is 5. The van der Waals surface area contributed by atoms with Crippen molar-refractivity contribution in [3.05, 3.63) is 60.7 Å². The quantitative estimate of drug-likeness (QED) is 0.346. The normalized spacial score (nSPS) is 20.6. The smallest absolute Gasteiger partial charge is 0.243 e. The minimum absolute atomic E-state index is 0.0390. The van der Waals surface area contributed by atoms with Gasteiger partial charge in [-0.2, -0.15) is 15.3 Å². The molecule has 12 heteroatoms. The lowest BCUT2D eigenvalue weighted by molar-refractivity contribution is -0.139. The molecule has 4 aromatic rings. The molecular weight excluding hydrogens is 527 g/mol. The molecule has 0 aliphatic carbocycles. The van der Waals surface area contributed by atoms with Crippen LogP contribution in [-0.4, -0.2) is 84.9 Å². The molecule has 0 saturated carbocycles. The second-order valence-electron chi connectivity index (χ2n) is 10.8. The second kappa shape index (κ2) is 10.8. The molecule has 2 fully saturated rings. The van der Waals surface area contributed by atoms with Crippen LogP contribution in [-0.2, 0) is 23.2 Å². The van der Waals surface area contributed by atoms with E-state index in [0.29, 0.717) is 23.0 Å². The number of nitrogens with one attached hydrogen (secondary N) is 1. The van der Waals surface area contributed by atoms with Gasteiger partial charge >= 0.3 is 0 Å². The molecular formula is C29H31FN8O3. The standard InChI is InChI=1S/C29H31FN8O3/c1-18(39)24-16-37(25-4-3-19(11-23(24)25)20-5-8-31-32-13-20)17-28(40)38-14-21(30)12-26(38)29(41)33-22-6-10-36(15-22)27-7-9-35(2)34-27/h3-5,7-9,11,13,16,21-22,26H,6,10,12,14-15,17H2,1-2H3,(H,33,41)/t21-,22?,26+/m1/s1. The van der Waals surface area contributed by atoms with E-state index in [1.54, 1.807) is 27.8 Å². The summed E-state index contributed by atoms with van der Waals surface area (Å²) in [6, 6.07) is 8.39. The van der Waals surface area contributed by atoms with Crippen LogP contribution in [0.25, 0.3) is 22.0 Å². The largest absolute Gasteiger partial charge is 0.353 e. The summed E-state index contributed by atoms with van der Waals surface area (Å²) in [5.41, 5.74) is 2.90. The van der Waals surface area contributed by atoms with Crippen molar-refractivity contribution in [1.82, 2.24) is 34.8 Å². The van der Waals surface area contributed by atoms with Crippen LogP contribution in [0.15, 0.2) is 55.1 Å². The molecule has 6 rings (SSSR count). The number of benzene rings is 1. The van der Waals surface area contributed by atoms with Gasteiger partial charge in [0.15, 0.2) is 11.6 Å². The van der Waals surface area contributed by atoms with E-state index in [1.165, 1.54) is 11.8 Å². The Hall–Kier alpha value is -4.61. The molecule has 2 saturated heterocycles. The monoisotopic (exact) mass is 558 g/mol. The maximum absolute atomic E-state index is 14.6. The zero-order valence-electron chi connectivity index (χ0n) is 22.9.